The van der Waals surface area contributed by atoms with Gasteiger partial charge in [0.1, 0.15) is 13.2 Å². The van der Waals surface area contributed by atoms with Gasteiger partial charge in [-0.3, -0.25) is 9.69 Å². The van der Waals surface area contributed by atoms with Crippen LogP contribution in [-0.4, -0.2) is 62.8 Å². The number of hydrogen-bond donors (Lipinski definition) is 0. The Bertz CT molecular complexity index is 351. The van der Waals surface area contributed by atoms with Gasteiger partial charge in [-0.2, -0.15) is 0 Å². The highest BCUT2D eigenvalue weighted by Crippen LogP contribution is 1.97. The molecule has 7 nitrogen and oxygen atoms in total. The summed E-state index contributed by atoms with van der Waals surface area (Å²) in [6.45, 7) is 1.79. The maximum absolute atomic E-state index is 11.1. The molecule has 0 spiro atoms. The van der Waals surface area contributed by atoms with Crippen molar-refractivity contribution in [1.82, 2.24) is 4.90 Å². The fourth-order valence-corrected chi connectivity index (χ4v) is 1.31. The zero-order valence-corrected chi connectivity index (χ0v) is 10.1. The summed E-state index contributed by atoms with van der Waals surface area (Å²) >= 11 is 0. The molecule has 0 radical (unpaired) electrons. The van der Waals surface area contributed by atoms with Gasteiger partial charge in [0, 0.05) is 25.2 Å². The quantitative estimate of drug-likeness (QED) is 0.359. The molecule has 1 aliphatic heterocycles. The van der Waals surface area contributed by atoms with Gasteiger partial charge in [0.15, 0.2) is 0 Å². The van der Waals surface area contributed by atoms with Gasteiger partial charge in [0.05, 0.1) is 13.7 Å². The lowest BCUT2D eigenvalue weighted by atomic mass is 10.4. The number of morpholine rings is 1. The molecule has 1 saturated heterocycles. The molecule has 1 heterocycles. The van der Waals surface area contributed by atoms with Crippen LogP contribution >= 0.6 is 0 Å². The third-order valence-corrected chi connectivity index (χ3v) is 2.23. The first-order valence-electron chi connectivity index (χ1n) is 5.42. The number of carbonyl (C=O) groups is 3. The topological polar surface area (TPSA) is 82.1 Å². The molecule has 0 amide bonds. The van der Waals surface area contributed by atoms with Crippen LogP contribution in [-0.2, 0) is 28.6 Å². The number of hydrogen-bond acceptors (Lipinski definition) is 7. The molecule has 0 aromatic carbocycles. The average Bonchev–Trinajstić information content (AvgIpc) is 2.36. The predicted molar refractivity (Wildman–Crippen MR) is 59.5 cm³/mol. The Kier molecular flexibility index (Phi) is 5.86. The predicted octanol–water partition coefficient (Wildman–Crippen LogP) is -0.882. The van der Waals surface area contributed by atoms with Gasteiger partial charge in [0.25, 0.3) is 0 Å². The summed E-state index contributed by atoms with van der Waals surface area (Å²) < 4.78 is 13.9. The van der Waals surface area contributed by atoms with Crippen LogP contribution in [0.25, 0.3) is 0 Å². The van der Waals surface area contributed by atoms with Crippen molar-refractivity contribution in [3.05, 3.63) is 12.2 Å². The van der Waals surface area contributed by atoms with E-state index in [2.05, 4.69) is 4.74 Å². The van der Waals surface area contributed by atoms with Crippen LogP contribution < -0.4 is 0 Å². The fourth-order valence-electron chi connectivity index (χ4n) is 1.31. The Balaban J connectivity index is 2.17. The molecule has 0 atom stereocenters. The van der Waals surface area contributed by atoms with Crippen LogP contribution in [0.3, 0.4) is 0 Å². The maximum Gasteiger partial charge on any atom is 0.331 e. The molecule has 0 aromatic rings. The van der Waals surface area contributed by atoms with Crippen LogP contribution in [0, 0.1) is 0 Å². The van der Waals surface area contributed by atoms with Crippen molar-refractivity contribution in [2.75, 3.05) is 40.0 Å². The van der Waals surface area contributed by atoms with Crippen molar-refractivity contribution in [1.29, 1.82) is 0 Å². The number of rotatable bonds is 5. The van der Waals surface area contributed by atoms with Crippen molar-refractivity contribution < 1.29 is 28.6 Å². The molecular weight excluding hydrogens is 242 g/mol. The Morgan fingerprint density at radius 2 is 2.11 bits per heavy atom. The number of methoxy groups -OCH3 is 1. The zero-order chi connectivity index (χ0) is 13.4. The first kappa shape index (κ1) is 14.2. The minimum atomic E-state index is -0.625. The molecule has 0 aromatic heterocycles. The highest BCUT2D eigenvalue weighted by Gasteiger charge is 2.17. The van der Waals surface area contributed by atoms with Gasteiger partial charge < -0.3 is 14.2 Å². The molecule has 0 saturated carbocycles. The van der Waals surface area contributed by atoms with Gasteiger partial charge >= 0.3 is 17.9 Å². The van der Waals surface area contributed by atoms with E-state index in [0.29, 0.717) is 19.7 Å². The molecule has 0 aliphatic carbocycles. The molecule has 0 unspecified atom stereocenters. The minimum absolute atomic E-state index is 0.150. The highest BCUT2D eigenvalue weighted by molar-refractivity contribution is 5.91. The summed E-state index contributed by atoms with van der Waals surface area (Å²) in [5.74, 6) is -1.52. The van der Waals surface area contributed by atoms with Gasteiger partial charge in [-0.25, -0.2) is 9.59 Å². The smallest absolute Gasteiger partial charge is 0.331 e. The van der Waals surface area contributed by atoms with E-state index in [1.807, 2.05) is 4.90 Å². The van der Waals surface area contributed by atoms with E-state index in [4.69, 9.17) is 9.47 Å². The van der Waals surface area contributed by atoms with E-state index in [0.717, 1.165) is 12.2 Å². The van der Waals surface area contributed by atoms with Crippen molar-refractivity contribution in [3.63, 3.8) is 0 Å². The van der Waals surface area contributed by atoms with Crippen LogP contribution in [0.4, 0.5) is 0 Å². The van der Waals surface area contributed by atoms with Crippen LogP contribution in [0.2, 0.25) is 0 Å². The summed E-state index contributed by atoms with van der Waals surface area (Å²) in [6, 6.07) is 0. The van der Waals surface area contributed by atoms with E-state index in [1.54, 1.807) is 0 Å². The van der Waals surface area contributed by atoms with E-state index in [1.165, 1.54) is 7.11 Å². The summed E-state index contributed by atoms with van der Waals surface area (Å²) in [6.07, 6.45) is 1.98. The Morgan fingerprint density at radius 1 is 1.39 bits per heavy atom. The number of cyclic esters (lactones) is 1. The molecule has 1 aliphatic rings. The van der Waals surface area contributed by atoms with Crippen molar-refractivity contribution in [2.24, 2.45) is 0 Å². The van der Waals surface area contributed by atoms with E-state index in [9.17, 15) is 14.4 Å². The number of ether oxygens (including phenoxy) is 3. The maximum atomic E-state index is 11.1. The minimum Gasteiger partial charge on any atom is -0.466 e. The highest BCUT2D eigenvalue weighted by atomic mass is 16.5. The Morgan fingerprint density at radius 3 is 2.78 bits per heavy atom. The Hall–Kier alpha value is -1.89. The molecular formula is C11H15NO6. The molecule has 18 heavy (non-hydrogen) atoms. The second-order valence-electron chi connectivity index (χ2n) is 3.52. The number of nitrogens with zero attached hydrogens (tertiary/aromatic N) is 1. The second kappa shape index (κ2) is 7.44. The lowest BCUT2D eigenvalue weighted by Gasteiger charge is -2.24. The molecule has 100 valence electrons. The molecule has 0 N–H and O–H groups in total. The van der Waals surface area contributed by atoms with E-state index < -0.39 is 11.9 Å². The first-order valence-corrected chi connectivity index (χ1v) is 5.42. The first-order chi connectivity index (χ1) is 8.61. The largest absolute Gasteiger partial charge is 0.466 e. The van der Waals surface area contributed by atoms with Gasteiger partial charge in [-0.05, 0) is 0 Å². The molecule has 1 fully saturated rings. The number of carbonyl (C=O) groups excluding carboxylic acids is 3. The summed E-state index contributed by atoms with van der Waals surface area (Å²) in [4.78, 5) is 34.6. The molecule has 7 heteroatoms. The fraction of sp³-hybridized carbons (Fsp3) is 0.545. The molecule has 0 bridgehead atoms. The lowest BCUT2D eigenvalue weighted by Crippen LogP contribution is -2.41. The van der Waals surface area contributed by atoms with Crippen molar-refractivity contribution >= 4 is 17.9 Å². The summed E-state index contributed by atoms with van der Waals surface area (Å²) in [5.41, 5.74) is 0. The standard InChI is InChI=1S/C11H15NO6/c1-16-9(13)2-3-10(14)17-6-4-12-5-7-18-11(15)8-12/h2-3H,4-8H2,1H3/b3-2+. The SMILES string of the molecule is COC(=O)/C=C/C(=O)OCCN1CCOC(=O)C1. The van der Waals surface area contributed by atoms with Gasteiger partial charge in [-0.1, -0.05) is 0 Å². The van der Waals surface area contributed by atoms with E-state index in [-0.39, 0.29) is 19.1 Å². The summed E-state index contributed by atoms with van der Waals surface area (Å²) in [5, 5.41) is 0. The van der Waals surface area contributed by atoms with E-state index >= 15 is 0 Å². The summed E-state index contributed by atoms with van der Waals surface area (Å²) in [7, 11) is 1.22. The molecule has 1 rings (SSSR count). The van der Waals surface area contributed by atoms with Crippen LogP contribution in [0.5, 0.6) is 0 Å². The monoisotopic (exact) mass is 257 g/mol. The van der Waals surface area contributed by atoms with Gasteiger partial charge in [0.2, 0.25) is 0 Å². The lowest BCUT2D eigenvalue weighted by molar-refractivity contribution is -0.151. The third kappa shape index (κ3) is 5.44. The van der Waals surface area contributed by atoms with Crippen molar-refractivity contribution in [2.45, 2.75) is 0 Å². The van der Waals surface area contributed by atoms with Crippen molar-refractivity contribution in [3.8, 4) is 0 Å². The van der Waals surface area contributed by atoms with Crippen LogP contribution in [0.1, 0.15) is 0 Å². The Labute approximate surface area is 104 Å². The third-order valence-electron chi connectivity index (χ3n) is 2.23. The van der Waals surface area contributed by atoms with Gasteiger partial charge in [-0.15, -0.1) is 0 Å². The average molecular weight is 257 g/mol. The normalized spacial score (nSPS) is 16.4. The zero-order valence-electron chi connectivity index (χ0n) is 10.1. The number of esters is 3. The van der Waals surface area contributed by atoms with Crippen LogP contribution in [0.15, 0.2) is 12.2 Å². The second-order valence-corrected chi connectivity index (χ2v) is 3.52.